The Labute approximate surface area is 123 Å². The topological polar surface area (TPSA) is 81.1 Å². The first kappa shape index (κ1) is 15.2. The van der Waals surface area contributed by atoms with Crippen LogP contribution in [0.5, 0.6) is 5.75 Å². The van der Waals surface area contributed by atoms with Crippen molar-refractivity contribution in [3.05, 3.63) is 24.3 Å². The highest BCUT2D eigenvalue weighted by Crippen LogP contribution is 2.31. The predicted octanol–water partition coefficient (Wildman–Crippen LogP) is 2.14. The number of aliphatic carboxylic acids is 1. The number of phenolic OH excluding ortho intramolecular Hbond substituents is 1. The number of urea groups is 1. The van der Waals surface area contributed by atoms with E-state index in [0.717, 1.165) is 0 Å². The molecule has 6 heteroatoms. The summed E-state index contributed by atoms with van der Waals surface area (Å²) in [7, 11) is 1.61. The van der Waals surface area contributed by atoms with Crippen molar-refractivity contribution in [2.24, 2.45) is 5.41 Å². The molecule has 2 N–H and O–H groups in total. The van der Waals surface area contributed by atoms with Crippen LogP contribution in [0.1, 0.15) is 19.8 Å². The molecule has 114 valence electrons. The van der Waals surface area contributed by atoms with E-state index in [1.165, 1.54) is 17.0 Å². The largest absolute Gasteiger partial charge is 0.508 e. The summed E-state index contributed by atoms with van der Waals surface area (Å²) in [5, 5.41) is 18.8. The van der Waals surface area contributed by atoms with Crippen LogP contribution >= 0.6 is 0 Å². The van der Waals surface area contributed by atoms with Crippen LogP contribution in [0.2, 0.25) is 0 Å². The fourth-order valence-corrected chi connectivity index (χ4v) is 2.60. The molecule has 0 aromatic heterocycles. The zero-order valence-electron chi connectivity index (χ0n) is 12.2. The van der Waals surface area contributed by atoms with Crippen molar-refractivity contribution in [2.75, 3.05) is 25.0 Å². The number of aromatic hydroxyl groups is 1. The minimum atomic E-state index is -0.895. The van der Waals surface area contributed by atoms with Crippen molar-refractivity contribution in [1.82, 2.24) is 4.90 Å². The Morgan fingerprint density at radius 2 is 2.10 bits per heavy atom. The Bertz CT molecular complexity index is 560. The van der Waals surface area contributed by atoms with Gasteiger partial charge >= 0.3 is 12.0 Å². The molecule has 1 aromatic carbocycles. The maximum Gasteiger partial charge on any atom is 0.324 e. The molecular weight excluding hydrogens is 272 g/mol. The average molecular weight is 292 g/mol. The highest BCUT2D eigenvalue weighted by Gasteiger charge is 2.40. The van der Waals surface area contributed by atoms with Gasteiger partial charge in [0, 0.05) is 31.9 Å². The molecule has 0 aliphatic carbocycles. The standard InChI is InChI=1S/C15H20N2O4/c1-15(13(19)20)7-4-8-17(10-15)14(21)16(2)11-5-3-6-12(18)9-11/h3,5-6,9,18H,4,7-8,10H2,1-2H3,(H,19,20). The van der Waals surface area contributed by atoms with Crippen LogP contribution in [0.15, 0.2) is 24.3 Å². The molecule has 2 rings (SSSR count). The van der Waals surface area contributed by atoms with E-state index in [0.29, 0.717) is 25.1 Å². The molecule has 0 radical (unpaired) electrons. The summed E-state index contributed by atoms with van der Waals surface area (Å²) < 4.78 is 0. The van der Waals surface area contributed by atoms with Gasteiger partial charge in [0.15, 0.2) is 0 Å². The van der Waals surface area contributed by atoms with E-state index in [2.05, 4.69) is 0 Å². The first-order valence-corrected chi connectivity index (χ1v) is 6.88. The second-order valence-electron chi connectivity index (χ2n) is 5.75. The summed E-state index contributed by atoms with van der Waals surface area (Å²) in [5.41, 5.74) is -0.323. The molecule has 1 aliphatic rings. The molecule has 1 aromatic rings. The van der Waals surface area contributed by atoms with Gasteiger partial charge in [-0.3, -0.25) is 9.69 Å². The normalized spacial score (nSPS) is 21.9. The lowest BCUT2D eigenvalue weighted by atomic mass is 9.82. The van der Waals surface area contributed by atoms with Gasteiger partial charge in [0.2, 0.25) is 0 Å². The molecule has 6 nitrogen and oxygen atoms in total. The molecule has 1 heterocycles. The average Bonchev–Trinajstić information content (AvgIpc) is 2.45. The smallest absolute Gasteiger partial charge is 0.324 e. The maximum atomic E-state index is 12.5. The number of anilines is 1. The third kappa shape index (κ3) is 3.09. The van der Waals surface area contributed by atoms with Crippen molar-refractivity contribution in [3.63, 3.8) is 0 Å². The molecule has 1 atom stereocenters. The Balaban J connectivity index is 2.14. The second-order valence-corrected chi connectivity index (χ2v) is 5.75. The Kier molecular flexibility index (Phi) is 4.06. The summed E-state index contributed by atoms with van der Waals surface area (Å²) in [6.45, 7) is 2.41. The molecule has 0 spiro atoms. The lowest BCUT2D eigenvalue weighted by molar-refractivity contribution is -0.150. The quantitative estimate of drug-likeness (QED) is 0.875. The number of nitrogens with zero attached hydrogens (tertiary/aromatic N) is 2. The van der Waals surface area contributed by atoms with Crippen molar-refractivity contribution in [2.45, 2.75) is 19.8 Å². The molecule has 0 saturated carbocycles. The predicted molar refractivity (Wildman–Crippen MR) is 78.5 cm³/mol. The maximum absolute atomic E-state index is 12.5. The fourth-order valence-electron chi connectivity index (χ4n) is 2.60. The van der Waals surface area contributed by atoms with Gasteiger partial charge < -0.3 is 15.1 Å². The summed E-state index contributed by atoms with van der Waals surface area (Å²) in [6, 6.07) is 6.15. The highest BCUT2D eigenvalue weighted by atomic mass is 16.4. The summed E-state index contributed by atoms with van der Waals surface area (Å²) in [6.07, 6.45) is 1.24. The van der Waals surface area contributed by atoms with Gasteiger partial charge in [-0.2, -0.15) is 0 Å². The Hall–Kier alpha value is -2.24. The molecule has 1 saturated heterocycles. The minimum Gasteiger partial charge on any atom is -0.508 e. The molecular formula is C15H20N2O4. The van der Waals surface area contributed by atoms with Crippen molar-refractivity contribution >= 4 is 17.7 Å². The van der Waals surface area contributed by atoms with Gasteiger partial charge in [-0.1, -0.05) is 6.07 Å². The molecule has 1 unspecified atom stereocenters. The van der Waals surface area contributed by atoms with Crippen LogP contribution in [0, 0.1) is 5.41 Å². The van der Waals surface area contributed by atoms with E-state index in [1.807, 2.05) is 0 Å². The van der Waals surface area contributed by atoms with Crippen LogP contribution in [-0.4, -0.2) is 47.3 Å². The number of carboxylic acid groups (broad SMARTS) is 1. The number of carbonyl (C=O) groups excluding carboxylic acids is 1. The summed E-state index contributed by atoms with van der Waals surface area (Å²) >= 11 is 0. The van der Waals surface area contributed by atoms with Gasteiger partial charge in [0.25, 0.3) is 0 Å². The number of benzene rings is 1. The lowest BCUT2D eigenvalue weighted by Gasteiger charge is -2.39. The first-order valence-electron chi connectivity index (χ1n) is 6.88. The van der Waals surface area contributed by atoms with Crippen LogP contribution < -0.4 is 4.90 Å². The monoisotopic (exact) mass is 292 g/mol. The number of hydrogen-bond donors (Lipinski definition) is 2. The number of hydrogen-bond acceptors (Lipinski definition) is 3. The number of likely N-dealkylation sites (tertiary alicyclic amines) is 1. The number of piperidine rings is 1. The first-order chi connectivity index (χ1) is 9.83. The van der Waals surface area contributed by atoms with Gasteiger partial charge in [-0.05, 0) is 31.9 Å². The number of phenols is 1. The zero-order chi connectivity index (χ0) is 15.6. The van der Waals surface area contributed by atoms with Gasteiger partial charge in [-0.15, -0.1) is 0 Å². The molecule has 1 aliphatic heterocycles. The summed E-state index contributed by atoms with van der Waals surface area (Å²) in [5.74, 6) is -0.791. The van der Waals surface area contributed by atoms with Gasteiger partial charge in [-0.25, -0.2) is 4.79 Å². The van der Waals surface area contributed by atoms with Gasteiger partial charge in [0.1, 0.15) is 5.75 Å². The Morgan fingerprint density at radius 1 is 1.38 bits per heavy atom. The van der Waals surface area contributed by atoms with Crippen LogP contribution in [-0.2, 0) is 4.79 Å². The van der Waals surface area contributed by atoms with Crippen LogP contribution in [0.25, 0.3) is 0 Å². The second kappa shape index (κ2) is 5.63. The van der Waals surface area contributed by atoms with Crippen molar-refractivity contribution < 1.29 is 19.8 Å². The number of carbonyl (C=O) groups is 2. The number of rotatable bonds is 2. The third-order valence-corrected chi connectivity index (χ3v) is 3.99. The highest BCUT2D eigenvalue weighted by molar-refractivity contribution is 5.92. The number of carboxylic acids is 1. The minimum absolute atomic E-state index is 0.0844. The van der Waals surface area contributed by atoms with Crippen LogP contribution in [0.3, 0.4) is 0 Å². The van der Waals surface area contributed by atoms with E-state index in [4.69, 9.17) is 0 Å². The summed E-state index contributed by atoms with van der Waals surface area (Å²) in [4.78, 5) is 26.8. The van der Waals surface area contributed by atoms with E-state index in [-0.39, 0.29) is 18.3 Å². The van der Waals surface area contributed by atoms with Crippen molar-refractivity contribution in [3.8, 4) is 5.75 Å². The Morgan fingerprint density at radius 3 is 2.71 bits per heavy atom. The molecule has 0 bridgehead atoms. The van der Waals surface area contributed by atoms with E-state index in [1.54, 1.807) is 31.0 Å². The van der Waals surface area contributed by atoms with E-state index < -0.39 is 11.4 Å². The van der Waals surface area contributed by atoms with Crippen LogP contribution in [0.4, 0.5) is 10.5 Å². The van der Waals surface area contributed by atoms with Crippen molar-refractivity contribution in [1.29, 1.82) is 0 Å². The van der Waals surface area contributed by atoms with E-state index >= 15 is 0 Å². The third-order valence-electron chi connectivity index (χ3n) is 3.99. The van der Waals surface area contributed by atoms with Gasteiger partial charge in [0.05, 0.1) is 5.41 Å². The molecule has 21 heavy (non-hydrogen) atoms. The molecule has 1 fully saturated rings. The molecule has 2 amide bonds. The van der Waals surface area contributed by atoms with E-state index in [9.17, 15) is 19.8 Å². The zero-order valence-corrected chi connectivity index (χ0v) is 12.2. The fraction of sp³-hybridized carbons (Fsp3) is 0.467. The number of amides is 2. The SMILES string of the molecule is CN(C(=O)N1CCCC(C)(C(=O)O)C1)c1cccc(O)c1. The lowest BCUT2D eigenvalue weighted by Crippen LogP contribution is -2.51.